The van der Waals surface area contributed by atoms with E-state index in [1.807, 2.05) is 53.8 Å². The van der Waals surface area contributed by atoms with Crippen molar-refractivity contribution in [1.29, 1.82) is 0 Å². The minimum absolute atomic E-state index is 0.103. The average molecular weight is 365 g/mol. The largest absolute Gasteiger partial charge is 0.311 e. The van der Waals surface area contributed by atoms with Gasteiger partial charge in [0.05, 0.1) is 5.25 Å². The Balaban J connectivity index is 1.52. The van der Waals surface area contributed by atoms with E-state index in [9.17, 15) is 4.79 Å². The Hall–Kier alpha value is -2.67. The number of para-hydroxylation sites is 1. The summed E-state index contributed by atoms with van der Waals surface area (Å²) in [5.74, 6) is 0.845. The van der Waals surface area contributed by atoms with Crippen LogP contribution in [0.1, 0.15) is 12.5 Å². The lowest BCUT2D eigenvalue weighted by atomic mass is 10.2. The lowest BCUT2D eigenvalue weighted by molar-refractivity contribution is -0.117. The van der Waals surface area contributed by atoms with Crippen LogP contribution in [0, 0.1) is 0 Å². The molecular formula is C19H19N5OS. The highest BCUT2D eigenvalue weighted by molar-refractivity contribution is 8.00. The molecule has 2 aromatic heterocycles. The first kappa shape index (κ1) is 16.8. The van der Waals surface area contributed by atoms with Crippen LogP contribution in [0.3, 0.4) is 0 Å². The molecule has 0 saturated heterocycles. The molecule has 132 valence electrons. The van der Waals surface area contributed by atoms with Gasteiger partial charge < -0.3 is 9.47 Å². The number of carbonyl (C=O) groups is 1. The van der Waals surface area contributed by atoms with Crippen molar-refractivity contribution in [3.8, 4) is 11.4 Å². The van der Waals surface area contributed by atoms with E-state index in [4.69, 9.17) is 0 Å². The van der Waals surface area contributed by atoms with Crippen LogP contribution < -0.4 is 4.90 Å². The van der Waals surface area contributed by atoms with Crippen molar-refractivity contribution in [3.05, 3.63) is 54.4 Å². The van der Waals surface area contributed by atoms with E-state index >= 15 is 0 Å². The number of aromatic nitrogens is 4. The first-order valence-electron chi connectivity index (χ1n) is 8.51. The highest BCUT2D eigenvalue weighted by atomic mass is 32.2. The number of pyridine rings is 1. The molecule has 0 spiro atoms. The zero-order chi connectivity index (χ0) is 18.1. The molecule has 3 aromatic rings. The number of hydrogen-bond donors (Lipinski definition) is 0. The van der Waals surface area contributed by atoms with E-state index in [-0.39, 0.29) is 11.2 Å². The highest BCUT2D eigenvalue weighted by Gasteiger charge is 2.29. The molecule has 1 aromatic carbocycles. The zero-order valence-corrected chi connectivity index (χ0v) is 15.5. The second kappa shape index (κ2) is 6.92. The van der Waals surface area contributed by atoms with Crippen molar-refractivity contribution in [2.45, 2.75) is 23.8 Å². The van der Waals surface area contributed by atoms with Crippen molar-refractivity contribution in [2.75, 3.05) is 11.4 Å². The van der Waals surface area contributed by atoms with E-state index < -0.39 is 0 Å². The molecule has 1 amide bonds. The summed E-state index contributed by atoms with van der Waals surface area (Å²) >= 11 is 1.43. The predicted octanol–water partition coefficient (Wildman–Crippen LogP) is 2.95. The fourth-order valence-corrected chi connectivity index (χ4v) is 4.04. The van der Waals surface area contributed by atoms with E-state index in [0.717, 1.165) is 35.2 Å². The lowest BCUT2D eigenvalue weighted by Crippen LogP contribution is -2.35. The van der Waals surface area contributed by atoms with Gasteiger partial charge in [-0.2, -0.15) is 0 Å². The quantitative estimate of drug-likeness (QED) is 0.665. The molecule has 6 nitrogen and oxygen atoms in total. The summed E-state index contributed by atoms with van der Waals surface area (Å²) in [6, 6.07) is 11.9. The average Bonchev–Trinajstić information content (AvgIpc) is 3.26. The Morgan fingerprint density at radius 2 is 2.04 bits per heavy atom. The normalized spacial score (nSPS) is 14.3. The molecule has 0 saturated carbocycles. The second-order valence-corrected chi connectivity index (χ2v) is 7.54. The van der Waals surface area contributed by atoms with Gasteiger partial charge in [-0.15, -0.1) is 10.2 Å². The maximum absolute atomic E-state index is 12.9. The lowest BCUT2D eigenvalue weighted by Gasteiger charge is -2.21. The number of carbonyl (C=O) groups excluding carboxylic acids is 1. The summed E-state index contributed by atoms with van der Waals surface area (Å²) < 4.78 is 1.91. The van der Waals surface area contributed by atoms with Crippen molar-refractivity contribution >= 4 is 23.4 Å². The first-order chi connectivity index (χ1) is 12.6. The number of benzene rings is 1. The van der Waals surface area contributed by atoms with Gasteiger partial charge in [0.25, 0.3) is 0 Å². The zero-order valence-electron chi connectivity index (χ0n) is 14.7. The van der Waals surface area contributed by atoms with Gasteiger partial charge in [-0.25, -0.2) is 0 Å². The predicted molar refractivity (Wildman–Crippen MR) is 102 cm³/mol. The van der Waals surface area contributed by atoms with Crippen LogP contribution in [0.25, 0.3) is 11.4 Å². The minimum atomic E-state index is -0.245. The SMILES string of the molecule is C[C@H](Sc1nnc(-c2cccnc2)n1C)C(=O)N1CCc2ccccc21. The Kier molecular flexibility index (Phi) is 4.46. The number of amides is 1. The van der Waals surface area contributed by atoms with Crippen LogP contribution in [0.2, 0.25) is 0 Å². The van der Waals surface area contributed by atoms with E-state index in [1.165, 1.54) is 17.3 Å². The van der Waals surface area contributed by atoms with Crippen LogP contribution in [0.5, 0.6) is 0 Å². The Morgan fingerprint density at radius 3 is 2.85 bits per heavy atom. The Morgan fingerprint density at radius 1 is 1.19 bits per heavy atom. The van der Waals surface area contributed by atoms with Crippen LogP contribution in [0.15, 0.2) is 53.9 Å². The molecule has 0 aliphatic carbocycles. The summed E-state index contributed by atoms with van der Waals surface area (Å²) in [6.07, 6.45) is 4.40. The van der Waals surface area contributed by atoms with Crippen molar-refractivity contribution in [2.24, 2.45) is 7.05 Å². The van der Waals surface area contributed by atoms with Gasteiger partial charge in [-0.05, 0) is 37.1 Å². The molecule has 26 heavy (non-hydrogen) atoms. The molecule has 3 heterocycles. The molecule has 7 heteroatoms. The van der Waals surface area contributed by atoms with Gasteiger partial charge in [0.15, 0.2) is 11.0 Å². The number of rotatable bonds is 4. The van der Waals surface area contributed by atoms with Crippen molar-refractivity contribution in [1.82, 2.24) is 19.7 Å². The topological polar surface area (TPSA) is 63.9 Å². The summed E-state index contributed by atoms with van der Waals surface area (Å²) in [7, 11) is 1.91. The number of nitrogens with zero attached hydrogens (tertiary/aromatic N) is 5. The molecule has 0 bridgehead atoms. The molecule has 0 N–H and O–H groups in total. The van der Waals surface area contributed by atoms with Crippen molar-refractivity contribution < 1.29 is 4.79 Å². The maximum Gasteiger partial charge on any atom is 0.240 e. The molecule has 1 aliphatic heterocycles. The third kappa shape index (κ3) is 2.99. The monoisotopic (exact) mass is 365 g/mol. The number of hydrogen-bond acceptors (Lipinski definition) is 5. The van der Waals surface area contributed by atoms with Gasteiger partial charge in [0, 0.05) is 37.2 Å². The van der Waals surface area contributed by atoms with Gasteiger partial charge in [-0.3, -0.25) is 9.78 Å². The van der Waals surface area contributed by atoms with Crippen LogP contribution in [0.4, 0.5) is 5.69 Å². The summed E-state index contributed by atoms with van der Waals surface area (Å²) in [5.41, 5.74) is 3.16. The van der Waals surface area contributed by atoms with Crippen molar-refractivity contribution in [3.63, 3.8) is 0 Å². The van der Waals surface area contributed by atoms with Gasteiger partial charge >= 0.3 is 0 Å². The molecule has 0 fully saturated rings. The van der Waals surface area contributed by atoms with E-state index in [2.05, 4.69) is 21.2 Å². The number of fused-ring (bicyclic) bond motifs is 1. The third-order valence-corrected chi connectivity index (χ3v) is 5.66. The van der Waals surface area contributed by atoms with Crippen LogP contribution in [-0.2, 0) is 18.3 Å². The fraction of sp³-hybridized carbons (Fsp3) is 0.263. The molecule has 0 unspecified atom stereocenters. The minimum Gasteiger partial charge on any atom is -0.311 e. The molecule has 4 rings (SSSR count). The number of anilines is 1. The van der Waals surface area contributed by atoms with Gasteiger partial charge in [-0.1, -0.05) is 30.0 Å². The molecule has 0 radical (unpaired) electrons. The van der Waals surface area contributed by atoms with E-state index in [0.29, 0.717) is 0 Å². The van der Waals surface area contributed by atoms with E-state index in [1.54, 1.807) is 12.4 Å². The van der Waals surface area contributed by atoms with Gasteiger partial charge in [0.2, 0.25) is 5.91 Å². The Bertz CT molecular complexity index is 940. The third-order valence-electron chi connectivity index (χ3n) is 4.54. The molecular weight excluding hydrogens is 346 g/mol. The molecule has 1 aliphatic rings. The molecule has 1 atom stereocenters. The highest BCUT2D eigenvalue weighted by Crippen LogP contribution is 2.31. The van der Waals surface area contributed by atoms with Crippen LogP contribution in [-0.4, -0.2) is 37.5 Å². The first-order valence-corrected chi connectivity index (χ1v) is 9.39. The standard InChI is InChI=1S/C19H19N5OS/c1-13(18(25)24-11-9-14-6-3-4-8-16(14)24)26-19-22-21-17(23(19)2)15-7-5-10-20-12-15/h3-8,10,12-13H,9,11H2,1-2H3/t13-/m0/s1. The summed E-state index contributed by atoms with van der Waals surface area (Å²) in [6.45, 7) is 2.66. The maximum atomic E-state index is 12.9. The second-order valence-electron chi connectivity index (χ2n) is 6.24. The smallest absolute Gasteiger partial charge is 0.240 e. The van der Waals surface area contributed by atoms with Crippen LogP contribution >= 0.6 is 11.8 Å². The Labute approximate surface area is 156 Å². The number of thioether (sulfide) groups is 1. The summed E-state index contributed by atoms with van der Waals surface area (Å²) in [4.78, 5) is 18.9. The fourth-order valence-electron chi connectivity index (χ4n) is 3.16. The van der Waals surface area contributed by atoms with Gasteiger partial charge in [0.1, 0.15) is 0 Å². The summed E-state index contributed by atoms with van der Waals surface area (Å²) in [5, 5.41) is 9.00.